The molecule has 0 amide bonds. The van der Waals surface area contributed by atoms with Crippen molar-refractivity contribution in [1.82, 2.24) is 4.90 Å². The number of alkyl halides is 3. The van der Waals surface area contributed by atoms with Crippen molar-refractivity contribution >= 4 is 5.69 Å². The Morgan fingerprint density at radius 1 is 1.25 bits per heavy atom. The lowest BCUT2D eigenvalue weighted by molar-refractivity contribution is -0.146. The number of benzene rings is 1. The summed E-state index contributed by atoms with van der Waals surface area (Å²) >= 11 is 0. The highest BCUT2D eigenvalue weighted by Crippen LogP contribution is 2.33. The Bertz CT molecular complexity index is 431. The Balaban J connectivity index is 1.90. The molecule has 1 aliphatic heterocycles. The molecule has 0 aromatic heterocycles. The Labute approximate surface area is 118 Å². The lowest BCUT2D eigenvalue weighted by Gasteiger charge is -2.24. The Morgan fingerprint density at radius 3 is 2.70 bits per heavy atom. The SMILES string of the molecule is CCCN(CCC1CNc2ccccc21)CC(F)(F)F. The van der Waals surface area contributed by atoms with E-state index in [1.807, 2.05) is 25.1 Å². The van der Waals surface area contributed by atoms with Crippen molar-refractivity contribution in [1.29, 1.82) is 0 Å². The molecule has 0 saturated heterocycles. The molecular formula is C15H21F3N2. The second kappa shape index (κ2) is 6.48. The van der Waals surface area contributed by atoms with Gasteiger partial charge in [-0.25, -0.2) is 0 Å². The predicted molar refractivity (Wildman–Crippen MR) is 75.1 cm³/mol. The number of nitrogens with zero attached hydrogens (tertiary/aromatic N) is 1. The summed E-state index contributed by atoms with van der Waals surface area (Å²) in [5, 5.41) is 3.31. The maximum atomic E-state index is 12.5. The highest BCUT2D eigenvalue weighted by Gasteiger charge is 2.31. The van der Waals surface area contributed by atoms with Crippen LogP contribution in [0.15, 0.2) is 24.3 Å². The highest BCUT2D eigenvalue weighted by atomic mass is 19.4. The number of fused-ring (bicyclic) bond motifs is 1. The minimum absolute atomic E-state index is 0.318. The van der Waals surface area contributed by atoms with E-state index < -0.39 is 12.7 Å². The topological polar surface area (TPSA) is 15.3 Å². The molecule has 112 valence electrons. The normalized spacial score (nSPS) is 18.1. The van der Waals surface area contributed by atoms with Gasteiger partial charge in [-0.3, -0.25) is 4.90 Å². The first kappa shape index (κ1) is 15.2. The summed E-state index contributed by atoms with van der Waals surface area (Å²) in [6.45, 7) is 2.93. The molecule has 2 nitrogen and oxygen atoms in total. The van der Waals surface area contributed by atoms with E-state index in [2.05, 4.69) is 11.4 Å². The van der Waals surface area contributed by atoms with E-state index in [1.54, 1.807) is 0 Å². The fraction of sp³-hybridized carbons (Fsp3) is 0.600. The minimum Gasteiger partial charge on any atom is -0.384 e. The average Bonchev–Trinajstić information content (AvgIpc) is 2.78. The van der Waals surface area contributed by atoms with Crippen LogP contribution in [-0.4, -0.2) is 37.3 Å². The molecule has 0 saturated carbocycles. The maximum absolute atomic E-state index is 12.5. The third kappa shape index (κ3) is 4.13. The van der Waals surface area contributed by atoms with Gasteiger partial charge in [-0.05, 0) is 37.6 Å². The van der Waals surface area contributed by atoms with Gasteiger partial charge in [0.05, 0.1) is 6.54 Å². The molecule has 0 radical (unpaired) electrons. The number of anilines is 1. The van der Waals surface area contributed by atoms with Crippen LogP contribution in [0.3, 0.4) is 0 Å². The Hall–Kier alpha value is -1.23. The van der Waals surface area contributed by atoms with Crippen LogP contribution in [0.25, 0.3) is 0 Å². The molecule has 1 N–H and O–H groups in total. The van der Waals surface area contributed by atoms with Gasteiger partial charge in [-0.15, -0.1) is 0 Å². The van der Waals surface area contributed by atoms with Crippen molar-refractivity contribution < 1.29 is 13.2 Å². The van der Waals surface area contributed by atoms with Gasteiger partial charge in [-0.1, -0.05) is 25.1 Å². The van der Waals surface area contributed by atoms with E-state index in [4.69, 9.17) is 0 Å². The molecule has 2 rings (SSSR count). The van der Waals surface area contributed by atoms with Crippen molar-refractivity contribution in [3.05, 3.63) is 29.8 Å². The van der Waals surface area contributed by atoms with Crippen molar-refractivity contribution in [3.63, 3.8) is 0 Å². The zero-order valence-corrected chi connectivity index (χ0v) is 11.7. The van der Waals surface area contributed by atoms with Gasteiger partial charge in [0.15, 0.2) is 0 Å². The summed E-state index contributed by atoms with van der Waals surface area (Å²) in [4.78, 5) is 1.51. The molecule has 0 fully saturated rings. The molecular weight excluding hydrogens is 265 g/mol. The quantitative estimate of drug-likeness (QED) is 0.854. The molecule has 1 unspecified atom stereocenters. The zero-order chi connectivity index (χ0) is 14.6. The molecule has 5 heteroatoms. The largest absolute Gasteiger partial charge is 0.401 e. The summed E-state index contributed by atoms with van der Waals surface area (Å²) in [5.74, 6) is 0.318. The van der Waals surface area contributed by atoms with Crippen LogP contribution in [-0.2, 0) is 0 Å². The molecule has 0 aliphatic carbocycles. The third-order valence-electron chi connectivity index (χ3n) is 3.68. The van der Waals surface area contributed by atoms with Crippen LogP contribution in [0.1, 0.15) is 31.2 Å². The van der Waals surface area contributed by atoms with Crippen LogP contribution in [0.4, 0.5) is 18.9 Å². The van der Waals surface area contributed by atoms with E-state index in [-0.39, 0.29) is 0 Å². The number of hydrogen-bond donors (Lipinski definition) is 1. The second-order valence-electron chi connectivity index (χ2n) is 5.35. The van der Waals surface area contributed by atoms with Crippen LogP contribution in [0.5, 0.6) is 0 Å². The number of halogens is 3. The summed E-state index contributed by atoms with van der Waals surface area (Å²) in [6, 6.07) is 8.04. The Morgan fingerprint density at radius 2 is 2.00 bits per heavy atom. The average molecular weight is 286 g/mol. The molecule has 0 spiro atoms. The molecule has 1 atom stereocenters. The van der Waals surface area contributed by atoms with Gasteiger partial charge >= 0.3 is 6.18 Å². The molecule has 0 bridgehead atoms. The van der Waals surface area contributed by atoms with E-state index in [0.29, 0.717) is 19.0 Å². The van der Waals surface area contributed by atoms with Gasteiger partial charge in [0.25, 0.3) is 0 Å². The van der Waals surface area contributed by atoms with Gasteiger partial charge in [-0.2, -0.15) is 13.2 Å². The van der Waals surface area contributed by atoms with Crippen LogP contribution in [0, 0.1) is 0 Å². The van der Waals surface area contributed by atoms with Crippen molar-refractivity contribution in [2.75, 3.05) is 31.5 Å². The van der Waals surface area contributed by atoms with Gasteiger partial charge < -0.3 is 5.32 Å². The van der Waals surface area contributed by atoms with E-state index in [0.717, 1.165) is 25.1 Å². The first-order chi connectivity index (χ1) is 9.49. The predicted octanol–water partition coefficient (Wildman–Crippen LogP) is 3.86. The number of para-hydroxylation sites is 1. The van der Waals surface area contributed by atoms with Crippen molar-refractivity contribution in [2.24, 2.45) is 0 Å². The van der Waals surface area contributed by atoms with E-state index in [1.165, 1.54) is 10.5 Å². The Kier molecular flexibility index (Phi) is 4.91. The molecule has 1 aliphatic rings. The van der Waals surface area contributed by atoms with Gasteiger partial charge in [0, 0.05) is 18.2 Å². The minimum atomic E-state index is -4.11. The number of nitrogens with one attached hydrogen (secondary N) is 1. The molecule has 1 aromatic carbocycles. The fourth-order valence-electron chi connectivity index (χ4n) is 2.79. The standard InChI is InChI=1S/C15H21F3N2/c1-2-8-20(11-15(16,17)18)9-7-12-10-19-14-6-4-3-5-13(12)14/h3-6,12,19H,2,7-11H2,1H3. The summed E-state index contributed by atoms with van der Waals surface area (Å²) in [5.41, 5.74) is 2.35. The van der Waals surface area contributed by atoms with Crippen LogP contribution < -0.4 is 5.32 Å². The first-order valence-electron chi connectivity index (χ1n) is 7.11. The van der Waals surface area contributed by atoms with E-state index >= 15 is 0 Å². The number of rotatable bonds is 6. The summed E-state index contributed by atoms with van der Waals surface area (Å²) < 4.78 is 37.5. The fourth-order valence-corrected chi connectivity index (χ4v) is 2.79. The lowest BCUT2D eigenvalue weighted by atomic mass is 9.98. The molecule has 20 heavy (non-hydrogen) atoms. The highest BCUT2D eigenvalue weighted by molar-refractivity contribution is 5.57. The number of hydrogen-bond acceptors (Lipinski definition) is 2. The van der Waals surface area contributed by atoms with Gasteiger partial charge in [0.1, 0.15) is 0 Å². The van der Waals surface area contributed by atoms with E-state index in [9.17, 15) is 13.2 Å². The lowest BCUT2D eigenvalue weighted by Crippen LogP contribution is -2.36. The smallest absolute Gasteiger partial charge is 0.384 e. The van der Waals surface area contributed by atoms with Gasteiger partial charge in [0.2, 0.25) is 0 Å². The first-order valence-corrected chi connectivity index (χ1v) is 7.11. The summed E-state index contributed by atoms with van der Waals surface area (Å²) in [6.07, 6.45) is -2.60. The summed E-state index contributed by atoms with van der Waals surface area (Å²) in [7, 11) is 0. The van der Waals surface area contributed by atoms with Crippen LogP contribution in [0.2, 0.25) is 0 Å². The zero-order valence-electron chi connectivity index (χ0n) is 11.7. The molecule has 1 aromatic rings. The van der Waals surface area contributed by atoms with Crippen LogP contribution >= 0.6 is 0 Å². The monoisotopic (exact) mass is 286 g/mol. The second-order valence-corrected chi connectivity index (χ2v) is 5.35. The third-order valence-corrected chi connectivity index (χ3v) is 3.68. The molecule has 1 heterocycles. The maximum Gasteiger partial charge on any atom is 0.401 e. The van der Waals surface area contributed by atoms with Crippen molar-refractivity contribution in [3.8, 4) is 0 Å². The van der Waals surface area contributed by atoms with Crippen molar-refractivity contribution in [2.45, 2.75) is 31.9 Å².